The van der Waals surface area contributed by atoms with Gasteiger partial charge in [0.1, 0.15) is 0 Å². The van der Waals surface area contributed by atoms with Crippen molar-refractivity contribution in [2.45, 2.75) is 0 Å². The second-order valence-electron chi connectivity index (χ2n) is 9.81. The molecule has 0 radical (unpaired) electrons. The summed E-state index contributed by atoms with van der Waals surface area (Å²) in [6.07, 6.45) is 0. The highest BCUT2D eigenvalue weighted by atomic mass is 15.0. The molecule has 0 saturated carbocycles. The average molecular weight is 561 g/mol. The van der Waals surface area contributed by atoms with E-state index in [-0.39, 0.29) is 28.6 Å². The topological polar surface area (TPSA) is 43.6 Å². The van der Waals surface area contributed by atoms with Gasteiger partial charge in [-0.25, -0.2) is 15.0 Å². The molecule has 0 unspecified atom stereocenters. The Morgan fingerprint density at radius 1 is 0.419 bits per heavy atom. The van der Waals surface area contributed by atoms with E-state index in [1.807, 2.05) is 54.6 Å². The molecular formula is C39H26N4. The molecule has 0 N–H and O–H groups in total. The van der Waals surface area contributed by atoms with Crippen LogP contribution in [-0.4, -0.2) is 19.5 Å². The van der Waals surface area contributed by atoms with E-state index < -0.39 is 60.4 Å². The van der Waals surface area contributed by atoms with Crippen LogP contribution in [0.15, 0.2) is 157 Å². The van der Waals surface area contributed by atoms with Gasteiger partial charge in [0.15, 0.2) is 17.5 Å². The fraction of sp³-hybridized carbons (Fsp3) is 0. The van der Waals surface area contributed by atoms with Gasteiger partial charge in [-0.3, -0.25) is 0 Å². The molecule has 0 aliphatic rings. The zero-order chi connectivity index (χ0) is 37.3. The van der Waals surface area contributed by atoms with E-state index in [2.05, 4.69) is 49.9 Å². The van der Waals surface area contributed by atoms with Gasteiger partial charge in [-0.1, -0.05) is 127 Å². The van der Waals surface area contributed by atoms with Gasteiger partial charge in [-0.05, 0) is 41.5 Å². The Kier molecular flexibility index (Phi) is 4.04. The summed E-state index contributed by atoms with van der Waals surface area (Å²) in [7, 11) is 0. The maximum Gasteiger partial charge on any atom is 0.164 e. The molecule has 202 valence electrons. The highest BCUT2D eigenvalue weighted by molar-refractivity contribution is 6.09. The SMILES string of the molecule is [2H]c1c([2H])c([2H])c(-c2nc(-c3cccc(-c4cccc(-n5c6ccccc6c6ccccc65)c4)c3)nc(-c3c([2H])c([2H])c([2H])c([2H])c3[2H])n2)c([2H])c1[2H]. The fourth-order valence-corrected chi connectivity index (χ4v) is 5.32. The van der Waals surface area contributed by atoms with Crippen LogP contribution < -0.4 is 0 Å². The molecular weight excluding hydrogens is 524 g/mol. The molecule has 0 bridgehead atoms. The number of para-hydroxylation sites is 2. The number of rotatable bonds is 5. The Morgan fingerprint density at radius 3 is 1.47 bits per heavy atom. The minimum absolute atomic E-state index is 0.00373. The van der Waals surface area contributed by atoms with Crippen LogP contribution in [0.1, 0.15) is 13.7 Å². The van der Waals surface area contributed by atoms with Crippen molar-refractivity contribution in [2.24, 2.45) is 0 Å². The van der Waals surface area contributed by atoms with Crippen molar-refractivity contribution in [1.82, 2.24) is 19.5 Å². The molecule has 2 heterocycles. The Bertz CT molecular complexity index is 2620. The number of hydrogen-bond acceptors (Lipinski definition) is 3. The van der Waals surface area contributed by atoms with Gasteiger partial charge in [-0.2, -0.15) is 0 Å². The molecule has 2 aromatic heterocycles. The molecule has 6 aromatic carbocycles. The first-order valence-corrected chi connectivity index (χ1v) is 13.6. The van der Waals surface area contributed by atoms with Crippen LogP contribution in [0.25, 0.3) is 72.8 Å². The Morgan fingerprint density at radius 2 is 0.884 bits per heavy atom. The molecule has 4 nitrogen and oxygen atoms in total. The van der Waals surface area contributed by atoms with Gasteiger partial charge < -0.3 is 4.57 Å². The maximum absolute atomic E-state index is 8.60. The third kappa shape index (κ3) is 4.55. The number of aromatic nitrogens is 4. The van der Waals surface area contributed by atoms with Gasteiger partial charge in [0.2, 0.25) is 0 Å². The number of fused-ring (bicyclic) bond motifs is 3. The zero-order valence-electron chi connectivity index (χ0n) is 32.5. The van der Waals surface area contributed by atoms with Gasteiger partial charge >= 0.3 is 0 Å². The fourth-order valence-electron chi connectivity index (χ4n) is 5.32. The lowest BCUT2D eigenvalue weighted by atomic mass is 10.0. The summed E-state index contributed by atoms with van der Waals surface area (Å²) in [6.45, 7) is 0. The number of hydrogen-bond donors (Lipinski definition) is 0. The zero-order valence-corrected chi connectivity index (χ0v) is 22.5. The van der Waals surface area contributed by atoms with Crippen LogP contribution in [0.3, 0.4) is 0 Å². The Balaban J connectivity index is 1.33. The third-order valence-electron chi connectivity index (χ3n) is 7.22. The monoisotopic (exact) mass is 560 g/mol. The number of benzene rings is 6. The molecule has 8 aromatic rings. The maximum atomic E-state index is 8.60. The molecule has 8 rings (SSSR count). The predicted octanol–water partition coefficient (Wildman–Crippen LogP) is 9.64. The molecule has 0 aliphatic carbocycles. The van der Waals surface area contributed by atoms with Crippen molar-refractivity contribution in [3.63, 3.8) is 0 Å². The minimum atomic E-state index is -0.600. The van der Waals surface area contributed by atoms with Crippen LogP contribution in [-0.2, 0) is 0 Å². The molecule has 0 aliphatic heterocycles. The summed E-state index contributed by atoms with van der Waals surface area (Å²) in [5, 5.41) is 2.27. The van der Waals surface area contributed by atoms with Crippen LogP contribution in [0.5, 0.6) is 0 Å². The smallest absolute Gasteiger partial charge is 0.164 e. The highest BCUT2D eigenvalue weighted by Gasteiger charge is 2.14. The van der Waals surface area contributed by atoms with E-state index in [9.17, 15) is 0 Å². The summed E-state index contributed by atoms with van der Waals surface area (Å²) in [6, 6.07) is 26.0. The lowest BCUT2D eigenvalue weighted by Gasteiger charge is -2.12. The standard InChI is InChI=1S/C39H26N4/c1-3-13-27(14-4-1)37-40-38(28-15-5-2-6-16-28)42-39(41-37)31-19-11-17-29(25-31)30-18-12-20-32(26-30)43-35-23-9-7-21-33(35)34-22-8-10-24-36(34)43/h1-26H/i1D,2D,3D,4D,5D,6D,13D,14D,15D,16D. The molecule has 0 fully saturated rings. The van der Waals surface area contributed by atoms with Crippen molar-refractivity contribution in [3.8, 4) is 51.0 Å². The van der Waals surface area contributed by atoms with E-state index in [0.29, 0.717) is 5.56 Å². The van der Waals surface area contributed by atoms with Crippen LogP contribution in [0.2, 0.25) is 0 Å². The van der Waals surface area contributed by atoms with Crippen molar-refractivity contribution < 1.29 is 13.7 Å². The summed E-state index contributed by atoms with van der Waals surface area (Å²) in [4.78, 5) is 13.5. The van der Waals surface area contributed by atoms with Crippen molar-refractivity contribution in [2.75, 3.05) is 0 Å². The van der Waals surface area contributed by atoms with Gasteiger partial charge in [0.05, 0.1) is 24.7 Å². The second-order valence-corrected chi connectivity index (χ2v) is 9.81. The lowest BCUT2D eigenvalue weighted by molar-refractivity contribution is 1.07. The molecule has 0 atom stereocenters. The largest absolute Gasteiger partial charge is 0.309 e. The summed E-state index contributed by atoms with van der Waals surface area (Å²) < 4.78 is 85.7. The van der Waals surface area contributed by atoms with Crippen LogP contribution in [0.4, 0.5) is 0 Å². The van der Waals surface area contributed by atoms with Crippen molar-refractivity contribution in [3.05, 3.63) is 157 Å². The molecule has 0 amide bonds. The van der Waals surface area contributed by atoms with E-state index in [4.69, 9.17) is 13.7 Å². The van der Waals surface area contributed by atoms with Crippen molar-refractivity contribution in [1.29, 1.82) is 0 Å². The first-order valence-electron chi connectivity index (χ1n) is 18.6. The van der Waals surface area contributed by atoms with E-state index in [1.54, 1.807) is 12.1 Å². The van der Waals surface area contributed by atoms with Crippen molar-refractivity contribution >= 4 is 21.8 Å². The van der Waals surface area contributed by atoms with E-state index in [1.165, 1.54) is 0 Å². The van der Waals surface area contributed by atoms with Crippen LogP contribution >= 0.6 is 0 Å². The lowest BCUT2D eigenvalue weighted by Crippen LogP contribution is -2.00. The van der Waals surface area contributed by atoms with E-state index in [0.717, 1.165) is 38.6 Å². The molecule has 4 heteroatoms. The second kappa shape index (κ2) is 10.5. The average Bonchev–Trinajstić information content (AvgIpc) is 3.52. The molecule has 43 heavy (non-hydrogen) atoms. The quantitative estimate of drug-likeness (QED) is 0.210. The van der Waals surface area contributed by atoms with Gasteiger partial charge in [0, 0.05) is 33.2 Å². The Labute approximate surface area is 263 Å². The molecule has 0 saturated heterocycles. The first-order chi connectivity index (χ1) is 25.5. The summed E-state index contributed by atoms with van der Waals surface area (Å²) in [5.41, 5.74) is 4.55. The van der Waals surface area contributed by atoms with E-state index >= 15 is 0 Å². The van der Waals surface area contributed by atoms with Gasteiger partial charge in [0.25, 0.3) is 0 Å². The minimum Gasteiger partial charge on any atom is -0.309 e. The molecule has 0 spiro atoms. The van der Waals surface area contributed by atoms with Crippen LogP contribution in [0, 0.1) is 0 Å². The number of nitrogens with zero attached hydrogens (tertiary/aromatic N) is 4. The Hall–Kier alpha value is -5.87. The summed E-state index contributed by atoms with van der Waals surface area (Å²) >= 11 is 0. The summed E-state index contributed by atoms with van der Waals surface area (Å²) in [5.74, 6) is -0.621. The highest BCUT2D eigenvalue weighted by Crippen LogP contribution is 2.34. The van der Waals surface area contributed by atoms with Gasteiger partial charge in [-0.15, -0.1) is 0 Å². The predicted molar refractivity (Wildman–Crippen MR) is 176 cm³/mol. The third-order valence-corrected chi connectivity index (χ3v) is 7.22. The first kappa shape index (κ1) is 16.5. The normalized spacial score (nSPS) is 14.5.